The molecule has 2 saturated carbocycles. The van der Waals surface area contributed by atoms with E-state index in [-0.39, 0.29) is 0 Å². The highest BCUT2D eigenvalue weighted by atomic mass is 16.4. The Hall–Kier alpha value is -1.35. The predicted molar refractivity (Wildman–Crippen MR) is 74.0 cm³/mol. The average Bonchev–Trinajstić information content (AvgIpc) is 3.28. The Morgan fingerprint density at radius 1 is 1.21 bits per heavy atom. The van der Waals surface area contributed by atoms with Gasteiger partial charge in [0.2, 0.25) is 0 Å². The molecule has 2 aliphatic rings. The molecule has 0 spiro atoms. The zero-order valence-corrected chi connectivity index (χ0v) is 11.1. The Bertz CT molecular complexity index is 452. The van der Waals surface area contributed by atoms with Gasteiger partial charge in [0.15, 0.2) is 0 Å². The third kappa shape index (κ3) is 3.16. The predicted octanol–water partition coefficient (Wildman–Crippen LogP) is 2.91. The maximum atomic E-state index is 11.1. The van der Waals surface area contributed by atoms with Gasteiger partial charge in [-0.2, -0.15) is 0 Å². The number of hydrogen-bond donors (Lipinski definition) is 2. The molecular formula is C16H21NO2. The lowest BCUT2D eigenvalue weighted by Gasteiger charge is -2.16. The number of aromatic carboxylic acids is 1. The second-order valence-electron chi connectivity index (χ2n) is 5.93. The van der Waals surface area contributed by atoms with Gasteiger partial charge in [-0.15, -0.1) is 0 Å². The smallest absolute Gasteiger partial charge is 0.336 e. The van der Waals surface area contributed by atoms with Gasteiger partial charge in [0, 0.05) is 6.54 Å². The molecule has 0 heterocycles. The largest absolute Gasteiger partial charge is 0.478 e. The minimum absolute atomic E-state index is 0.421. The Morgan fingerprint density at radius 2 is 1.84 bits per heavy atom. The topological polar surface area (TPSA) is 49.3 Å². The molecule has 0 aromatic heterocycles. The second kappa shape index (κ2) is 5.33. The highest BCUT2D eigenvalue weighted by Gasteiger charge is 2.40. The van der Waals surface area contributed by atoms with E-state index in [4.69, 9.17) is 5.11 Å². The van der Waals surface area contributed by atoms with Gasteiger partial charge in [-0.3, -0.25) is 0 Å². The number of benzene rings is 1. The van der Waals surface area contributed by atoms with Crippen LogP contribution in [0, 0.1) is 17.8 Å². The van der Waals surface area contributed by atoms with E-state index in [2.05, 4.69) is 5.32 Å². The third-order valence-corrected chi connectivity index (χ3v) is 4.40. The average molecular weight is 259 g/mol. The van der Waals surface area contributed by atoms with Crippen LogP contribution < -0.4 is 5.32 Å². The van der Waals surface area contributed by atoms with Crippen LogP contribution in [0.15, 0.2) is 24.3 Å². The van der Waals surface area contributed by atoms with E-state index >= 15 is 0 Å². The number of carboxylic acids is 1. The van der Waals surface area contributed by atoms with Crippen molar-refractivity contribution in [3.05, 3.63) is 35.4 Å². The number of nitrogens with one attached hydrogen (secondary N) is 1. The van der Waals surface area contributed by atoms with Crippen molar-refractivity contribution in [3.63, 3.8) is 0 Å². The molecule has 0 atom stereocenters. The zero-order valence-electron chi connectivity index (χ0n) is 11.1. The Kier molecular flexibility index (Phi) is 3.56. The zero-order chi connectivity index (χ0) is 13.2. The molecule has 102 valence electrons. The molecule has 2 N–H and O–H groups in total. The lowest BCUT2D eigenvalue weighted by molar-refractivity contribution is 0.0695. The van der Waals surface area contributed by atoms with Gasteiger partial charge in [-0.1, -0.05) is 18.2 Å². The van der Waals surface area contributed by atoms with Crippen LogP contribution in [-0.2, 0) is 6.54 Å². The molecular weight excluding hydrogens is 238 g/mol. The van der Waals surface area contributed by atoms with Crippen LogP contribution in [-0.4, -0.2) is 17.6 Å². The van der Waals surface area contributed by atoms with Crippen LogP contribution >= 0.6 is 0 Å². The van der Waals surface area contributed by atoms with Crippen LogP contribution in [0.3, 0.4) is 0 Å². The molecule has 3 nitrogen and oxygen atoms in total. The summed E-state index contributed by atoms with van der Waals surface area (Å²) in [7, 11) is 0. The van der Waals surface area contributed by atoms with Gasteiger partial charge >= 0.3 is 5.97 Å². The Labute approximate surface area is 114 Å². The number of carboxylic acid groups (broad SMARTS) is 1. The van der Waals surface area contributed by atoms with E-state index < -0.39 is 5.97 Å². The summed E-state index contributed by atoms with van der Waals surface area (Å²) in [4.78, 5) is 11.1. The number of rotatable bonds is 7. The van der Waals surface area contributed by atoms with Gasteiger partial charge in [-0.05, 0) is 61.6 Å². The number of hydrogen-bond acceptors (Lipinski definition) is 2. The van der Waals surface area contributed by atoms with E-state index in [1.165, 1.54) is 25.7 Å². The van der Waals surface area contributed by atoms with E-state index in [0.717, 1.165) is 29.9 Å². The van der Waals surface area contributed by atoms with Crippen LogP contribution in [0.1, 0.15) is 41.6 Å². The summed E-state index contributed by atoms with van der Waals surface area (Å²) in [6.07, 6.45) is 5.59. The van der Waals surface area contributed by atoms with E-state index in [9.17, 15) is 4.79 Å². The molecule has 0 unspecified atom stereocenters. The summed E-state index contributed by atoms with van der Waals surface area (Å²) in [6.45, 7) is 1.71. The molecule has 0 radical (unpaired) electrons. The molecule has 19 heavy (non-hydrogen) atoms. The molecule has 3 rings (SSSR count). The lowest BCUT2D eigenvalue weighted by Crippen LogP contribution is -2.26. The van der Waals surface area contributed by atoms with Crippen molar-refractivity contribution in [3.8, 4) is 0 Å². The molecule has 2 aliphatic carbocycles. The first-order valence-electron chi connectivity index (χ1n) is 7.27. The maximum Gasteiger partial charge on any atom is 0.336 e. The highest BCUT2D eigenvalue weighted by Crippen LogP contribution is 2.48. The van der Waals surface area contributed by atoms with Crippen molar-refractivity contribution in [1.29, 1.82) is 0 Å². The van der Waals surface area contributed by atoms with Crippen LogP contribution in [0.5, 0.6) is 0 Å². The molecule has 1 aromatic rings. The van der Waals surface area contributed by atoms with Crippen molar-refractivity contribution in [1.82, 2.24) is 5.32 Å². The van der Waals surface area contributed by atoms with Crippen LogP contribution in [0.2, 0.25) is 0 Å². The van der Waals surface area contributed by atoms with Crippen molar-refractivity contribution in [2.24, 2.45) is 17.8 Å². The minimum Gasteiger partial charge on any atom is -0.478 e. The molecule has 0 amide bonds. The lowest BCUT2D eigenvalue weighted by atomic mass is 9.97. The molecule has 1 aromatic carbocycles. The fraction of sp³-hybridized carbons (Fsp3) is 0.562. The Morgan fingerprint density at radius 3 is 2.42 bits per heavy atom. The molecule has 3 heteroatoms. The van der Waals surface area contributed by atoms with Crippen molar-refractivity contribution < 1.29 is 9.90 Å². The van der Waals surface area contributed by atoms with Gasteiger partial charge in [0.1, 0.15) is 0 Å². The molecule has 2 fully saturated rings. The maximum absolute atomic E-state index is 11.1. The Balaban J connectivity index is 1.55. The molecule has 0 aliphatic heterocycles. The van der Waals surface area contributed by atoms with Gasteiger partial charge < -0.3 is 10.4 Å². The molecule has 0 saturated heterocycles. The minimum atomic E-state index is -0.835. The highest BCUT2D eigenvalue weighted by molar-refractivity contribution is 5.89. The quantitative estimate of drug-likeness (QED) is 0.791. The van der Waals surface area contributed by atoms with E-state index in [0.29, 0.717) is 12.1 Å². The number of carbonyl (C=O) groups is 1. The molecule has 0 bridgehead atoms. The van der Waals surface area contributed by atoms with Gasteiger partial charge in [0.25, 0.3) is 0 Å². The summed E-state index contributed by atoms with van der Waals surface area (Å²) in [6, 6.07) is 7.27. The first-order valence-corrected chi connectivity index (χ1v) is 7.27. The van der Waals surface area contributed by atoms with Crippen molar-refractivity contribution in [2.45, 2.75) is 32.2 Å². The third-order valence-electron chi connectivity index (χ3n) is 4.40. The van der Waals surface area contributed by atoms with Crippen LogP contribution in [0.25, 0.3) is 0 Å². The van der Waals surface area contributed by atoms with Crippen LogP contribution in [0.4, 0.5) is 0 Å². The summed E-state index contributed by atoms with van der Waals surface area (Å²) in [5.74, 6) is 1.87. The van der Waals surface area contributed by atoms with E-state index in [1.54, 1.807) is 12.1 Å². The van der Waals surface area contributed by atoms with Crippen molar-refractivity contribution >= 4 is 5.97 Å². The summed E-state index contributed by atoms with van der Waals surface area (Å²) < 4.78 is 0. The first kappa shape index (κ1) is 12.7. The van der Waals surface area contributed by atoms with Gasteiger partial charge in [-0.25, -0.2) is 4.79 Å². The summed E-state index contributed by atoms with van der Waals surface area (Å²) >= 11 is 0. The fourth-order valence-corrected chi connectivity index (χ4v) is 3.02. The summed E-state index contributed by atoms with van der Waals surface area (Å²) in [5.41, 5.74) is 1.31. The summed E-state index contributed by atoms with van der Waals surface area (Å²) in [5, 5.41) is 12.6. The monoisotopic (exact) mass is 259 g/mol. The fourth-order valence-electron chi connectivity index (χ4n) is 3.02. The SMILES string of the molecule is O=C(O)c1ccccc1CNCC(C1CC1)C1CC1. The van der Waals surface area contributed by atoms with Gasteiger partial charge in [0.05, 0.1) is 5.56 Å². The second-order valence-corrected chi connectivity index (χ2v) is 5.93. The normalized spacial score (nSPS) is 18.8. The standard InChI is InChI=1S/C16H21NO2/c18-16(19)14-4-2-1-3-13(14)9-17-10-15(11-5-6-11)12-7-8-12/h1-4,11-12,15,17H,5-10H2,(H,18,19). The van der Waals surface area contributed by atoms with Crippen molar-refractivity contribution in [2.75, 3.05) is 6.54 Å². The first-order chi connectivity index (χ1) is 9.25. The van der Waals surface area contributed by atoms with E-state index in [1.807, 2.05) is 12.1 Å².